The van der Waals surface area contributed by atoms with Gasteiger partial charge in [-0.25, -0.2) is 9.97 Å². The number of aryl methyl sites for hydroxylation is 1. The van der Waals surface area contributed by atoms with Crippen molar-refractivity contribution in [2.24, 2.45) is 0 Å². The second kappa shape index (κ2) is 10.5. The van der Waals surface area contributed by atoms with Crippen molar-refractivity contribution in [3.63, 3.8) is 0 Å². The van der Waals surface area contributed by atoms with Crippen molar-refractivity contribution >= 4 is 5.95 Å². The lowest BCUT2D eigenvalue weighted by molar-refractivity contribution is -0.554. The fourth-order valence-corrected chi connectivity index (χ4v) is 2.37. The number of unbranched alkanes of at least 4 members (excludes halogenated alkanes) is 1. The Hall–Kier alpha value is -2.39. The molecule has 0 aliphatic rings. The number of ether oxygens (including phenoxy) is 2. The van der Waals surface area contributed by atoms with Crippen LogP contribution in [0.3, 0.4) is 0 Å². The number of rotatable bonds is 11. The van der Waals surface area contributed by atoms with E-state index in [1.54, 1.807) is 6.92 Å². The van der Waals surface area contributed by atoms with Crippen LogP contribution in [0.25, 0.3) is 0 Å². The molecule has 0 saturated heterocycles. The smallest absolute Gasteiger partial charge is 0.354 e. The standard InChI is InChI=1S/C17H14F17N3O2/c1-3-4-5-35-9-36-7(2)6-8(37-9)10(18,13(22,23)24)38-17(33,34)12(21,15(28,29)30)39-16(31,32)11(19,20)14(25,26)27/h6H,3-5H2,1-2H3,(H,35,36,37). The maximum absolute atomic E-state index is 15.0. The van der Waals surface area contributed by atoms with Crippen LogP contribution in [0.2, 0.25) is 0 Å². The summed E-state index contributed by atoms with van der Waals surface area (Å²) in [6, 6.07) is -0.171. The molecular weight excluding hydrogens is 601 g/mol. The maximum atomic E-state index is 15.0. The molecule has 2 unspecified atom stereocenters. The first kappa shape index (κ1) is 34.6. The summed E-state index contributed by atoms with van der Waals surface area (Å²) in [5.41, 5.74) is -3.15. The molecule has 0 aliphatic carbocycles. The van der Waals surface area contributed by atoms with E-state index in [0.717, 1.165) is 6.92 Å². The Morgan fingerprint density at radius 1 is 0.692 bits per heavy atom. The predicted octanol–water partition coefficient (Wildman–Crippen LogP) is 7.33. The van der Waals surface area contributed by atoms with Gasteiger partial charge in [-0.3, -0.25) is 9.47 Å². The van der Waals surface area contributed by atoms with Crippen molar-refractivity contribution < 1.29 is 84.1 Å². The van der Waals surface area contributed by atoms with Crippen LogP contribution in [0.4, 0.5) is 80.6 Å². The Bertz CT molecular complexity index is 994. The fraction of sp³-hybridized carbons (Fsp3) is 0.765. The third kappa shape index (κ3) is 6.68. The number of nitrogens with one attached hydrogen (secondary N) is 1. The molecule has 22 heteroatoms. The molecule has 1 heterocycles. The lowest BCUT2D eigenvalue weighted by Gasteiger charge is -2.40. The molecule has 1 rings (SSSR count). The van der Waals surface area contributed by atoms with Gasteiger partial charge in [-0.1, -0.05) is 13.3 Å². The highest BCUT2D eigenvalue weighted by Gasteiger charge is 2.85. The maximum Gasteiger partial charge on any atom is 0.462 e. The Kier molecular flexibility index (Phi) is 9.36. The van der Waals surface area contributed by atoms with Crippen LogP contribution in [0.5, 0.6) is 0 Å². The van der Waals surface area contributed by atoms with E-state index < -0.39 is 65.7 Å². The minimum atomic E-state index is -7.95. The monoisotopic (exact) mass is 615 g/mol. The topological polar surface area (TPSA) is 56.3 Å². The van der Waals surface area contributed by atoms with E-state index in [1.165, 1.54) is 4.74 Å². The molecular formula is C17H14F17N3O2. The molecule has 0 saturated carbocycles. The van der Waals surface area contributed by atoms with Gasteiger partial charge in [0, 0.05) is 12.2 Å². The van der Waals surface area contributed by atoms with Gasteiger partial charge in [0.15, 0.2) is 0 Å². The first-order valence-corrected chi connectivity index (χ1v) is 9.81. The zero-order chi connectivity index (χ0) is 31.1. The van der Waals surface area contributed by atoms with Crippen molar-refractivity contribution in [3.05, 3.63) is 17.5 Å². The average Bonchev–Trinajstić information content (AvgIpc) is 2.70. The molecule has 0 bridgehead atoms. The van der Waals surface area contributed by atoms with E-state index in [9.17, 15) is 74.6 Å². The largest absolute Gasteiger partial charge is 0.462 e. The summed E-state index contributed by atoms with van der Waals surface area (Å²) < 4.78 is 230. The molecule has 1 aromatic rings. The molecule has 1 aromatic heterocycles. The van der Waals surface area contributed by atoms with E-state index in [-0.39, 0.29) is 19.0 Å². The summed E-state index contributed by atoms with van der Waals surface area (Å²) in [4.78, 5) is 6.20. The third-order valence-corrected chi connectivity index (χ3v) is 4.36. The van der Waals surface area contributed by atoms with Crippen LogP contribution < -0.4 is 5.32 Å². The lowest BCUT2D eigenvalue weighted by Crippen LogP contribution is -2.67. The van der Waals surface area contributed by atoms with Gasteiger partial charge in [0.25, 0.3) is 0 Å². The van der Waals surface area contributed by atoms with Crippen LogP contribution in [0.15, 0.2) is 6.07 Å². The van der Waals surface area contributed by atoms with Gasteiger partial charge in [0.2, 0.25) is 5.95 Å². The number of alkyl halides is 17. The molecule has 0 fully saturated rings. The zero-order valence-electron chi connectivity index (χ0n) is 18.8. The van der Waals surface area contributed by atoms with Gasteiger partial charge in [0.05, 0.1) is 0 Å². The van der Waals surface area contributed by atoms with Crippen molar-refractivity contribution in [1.82, 2.24) is 9.97 Å². The van der Waals surface area contributed by atoms with E-state index in [2.05, 4.69) is 20.0 Å². The molecule has 1 N–H and O–H groups in total. The molecule has 0 radical (unpaired) electrons. The number of nitrogens with zero attached hydrogens (tertiary/aromatic N) is 2. The van der Waals surface area contributed by atoms with Crippen LogP contribution in [-0.4, -0.2) is 59.0 Å². The van der Waals surface area contributed by atoms with E-state index >= 15 is 0 Å². The number of halogens is 17. The Labute approximate surface area is 205 Å². The predicted molar refractivity (Wildman–Crippen MR) is 92.0 cm³/mol. The van der Waals surface area contributed by atoms with Gasteiger partial charge in [-0.2, -0.15) is 74.6 Å². The summed E-state index contributed by atoms with van der Waals surface area (Å²) >= 11 is 0. The number of hydrogen-bond acceptors (Lipinski definition) is 5. The highest BCUT2D eigenvalue weighted by Crippen LogP contribution is 2.57. The quantitative estimate of drug-likeness (QED) is 0.209. The summed E-state index contributed by atoms with van der Waals surface area (Å²) in [7, 11) is 0. The first-order valence-electron chi connectivity index (χ1n) is 9.81. The minimum absolute atomic E-state index is 0.153. The fourth-order valence-electron chi connectivity index (χ4n) is 2.37. The second-order valence-corrected chi connectivity index (χ2v) is 7.49. The van der Waals surface area contributed by atoms with Crippen molar-refractivity contribution in [2.75, 3.05) is 11.9 Å². The third-order valence-electron chi connectivity index (χ3n) is 4.36. The Balaban J connectivity index is 3.75. The molecule has 0 aliphatic heterocycles. The highest BCUT2D eigenvalue weighted by atomic mass is 19.4. The van der Waals surface area contributed by atoms with Crippen molar-refractivity contribution in [2.45, 2.75) is 75.1 Å². The van der Waals surface area contributed by atoms with E-state index in [1.807, 2.05) is 0 Å². The van der Waals surface area contributed by atoms with Crippen LogP contribution >= 0.6 is 0 Å². The van der Waals surface area contributed by atoms with Crippen molar-refractivity contribution in [3.8, 4) is 0 Å². The zero-order valence-corrected chi connectivity index (χ0v) is 18.8. The molecule has 5 nitrogen and oxygen atoms in total. The van der Waals surface area contributed by atoms with Gasteiger partial charge in [-0.15, -0.1) is 0 Å². The molecule has 2 atom stereocenters. The lowest BCUT2D eigenvalue weighted by atomic mass is 10.1. The summed E-state index contributed by atoms with van der Waals surface area (Å²) in [5.74, 6) is -23.1. The van der Waals surface area contributed by atoms with E-state index in [0.29, 0.717) is 6.42 Å². The second-order valence-electron chi connectivity index (χ2n) is 7.49. The molecule has 0 spiro atoms. The van der Waals surface area contributed by atoms with Gasteiger partial charge < -0.3 is 5.32 Å². The molecule has 0 amide bonds. The Morgan fingerprint density at radius 2 is 1.21 bits per heavy atom. The summed E-state index contributed by atoms with van der Waals surface area (Å²) in [6.45, 7) is 2.22. The van der Waals surface area contributed by atoms with Gasteiger partial charge in [0.1, 0.15) is 5.69 Å². The van der Waals surface area contributed by atoms with E-state index in [4.69, 9.17) is 0 Å². The average molecular weight is 615 g/mol. The molecule has 0 aromatic carbocycles. The van der Waals surface area contributed by atoms with Crippen LogP contribution in [0, 0.1) is 6.92 Å². The summed E-state index contributed by atoms with van der Waals surface area (Å²) in [5, 5.41) is 2.16. The first-order chi connectivity index (χ1) is 17.1. The van der Waals surface area contributed by atoms with Gasteiger partial charge >= 0.3 is 48.4 Å². The minimum Gasteiger partial charge on any atom is -0.354 e. The Morgan fingerprint density at radius 3 is 1.62 bits per heavy atom. The highest BCUT2D eigenvalue weighted by molar-refractivity contribution is 5.30. The van der Waals surface area contributed by atoms with Crippen molar-refractivity contribution in [1.29, 1.82) is 0 Å². The normalized spacial score (nSPS) is 17.5. The molecule has 39 heavy (non-hydrogen) atoms. The summed E-state index contributed by atoms with van der Waals surface area (Å²) in [6.07, 6.45) is -37.3. The molecule has 228 valence electrons. The number of anilines is 1. The number of aromatic nitrogens is 2. The van der Waals surface area contributed by atoms with Gasteiger partial charge in [-0.05, 0) is 19.4 Å². The van der Waals surface area contributed by atoms with Crippen LogP contribution in [0.1, 0.15) is 31.2 Å². The SMILES string of the molecule is CCCCNc1nc(C)cc(C(F)(OC(F)(F)C(F)(OC(F)(F)C(F)(F)C(F)(F)F)C(F)(F)F)C(F)(F)F)n1. The number of hydrogen-bond donors (Lipinski definition) is 1. The van der Waals surface area contributed by atoms with Crippen LogP contribution in [-0.2, 0) is 15.3 Å².